The van der Waals surface area contributed by atoms with E-state index in [2.05, 4.69) is 5.16 Å². The molecule has 0 aliphatic rings. The molecule has 12 heteroatoms. The number of nitrogens with one attached hydrogen (secondary N) is 1. The van der Waals surface area contributed by atoms with Crippen molar-refractivity contribution in [3.05, 3.63) is 62.6 Å². The van der Waals surface area contributed by atoms with Crippen LogP contribution < -0.4 is 4.72 Å². The van der Waals surface area contributed by atoms with Gasteiger partial charge in [0.05, 0.1) is 11.4 Å². The first-order valence-corrected chi connectivity index (χ1v) is 10.6. The van der Waals surface area contributed by atoms with E-state index in [1.54, 1.807) is 19.1 Å². The number of oxime groups is 1. The number of nitrogens with zero attached hydrogens (tertiary/aromatic N) is 1. The zero-order valence-corrected chi connectivity index (χ0v) is 17.8. The smallest absolute Gasteiger partial charge is 0.391 e. The number of rotatable bonds is 7. The third-order valence-corrected chi connectivity index (χ3v) is 5.51. The Morgan fingerprint density at radius 2 is 1.72 bits per heavy atom. The molecule has 2 aromatic rings. The molecule has 0 spiro atoms. The van der Waals surface area contributed by atoms with Crippen LogP contribution in [0.2, 0.25) is 15.1 Å². The fourth-order valence-corrected chi connectivity index (χ4v) is 3.39. The molecular weight excluding hydrogens is 476 g/mol. The molecular formula is C17H14Cl3F3N2O3S. The van der Waals surface area contributed by atoms with Gasteiger partial charge in [0.1, 0.15) is 6.61 Å². The number of halogens is 6. The molecule has 0 heterocycles. The Morgan fingerprint density at radius 1 is 1.10 bits per heavy atom. The average Bonchev–Trinajstić information content (AvgIpc) is 2.61. The summed E-state index contributed by atoms with van der Waals surface area (Å²) in [5, 5.41) is 4.89. The number of hydrogen-bond donors (Lipinski definition) is 1. The van der Waals surface area contributed by atoms with Crippen molar-refractivity contribution in [2.45, 2.75) is 25.5 Å². The van der Waals surface area contributed by atoms with E-state index in [4.69, 9.17) is 39.6 Å². The number of alkyl halides is 3. The Hall–Kier alpha value is -1.68. The number of sulfonamides is 1. The van der Waals surface area contributed by atoms with Crippen LogP contribution in [0.25, 0.3) is 0 Å². The van der Waals surface area contributed by atoms with Gasteiger partial charge in [-0.15, -0.1) is 0 Å². The van der Waals surface area contributed by atoms with E-state index >= 15 is 0 Å². The van der Waals surface area contributed by atoms with Crippen LogP contribution in [0.4, 0.5) is 18.9 Å². The van der Waals surface area contributed by atoms with Crippen molar-refractivity contribution in [3.63, 3.8) is 0 Å². The molecule has 0 fully saturated rings. The minimum Gasteiger partial charge on any atom is -0.391 e. The first kappa shape index (κ1) is 23.6. The molecule has 0 saturated heterocycles. The van der Waals surface area contributed by atoms with Gasteiger partial charge in [-0.3, -0.25) is 4.72 Å². The second-order valence-corrected chi connectivity index (χ2v) is 8.60. The second-order valence-electron chi connectivity index (χ2n) is 5.64. The summed E-state index contributed by atoms with van der Waals surface area (Å²) in [6.07, 6.45) is 0.218. The summed E-state index contributed by atoms with van der Waals surface area (Å²) >= 11 is 17.8. The Labute approximate surface area is 180 Å². The SMILES string of the molecule is CC/C(=N\OCc1ccc(Cl)cc1Cl)c1cc(Cl)ccc1NS(=O)(=O)C(F)(F)F. The van der Waals surface area contributed by atoms with Gasteiger partial charge >= 0.3 is 15.5 Å². The second kappa shape index (κ2) is 9.42. The minimum absolute atomic E-state index is 0.0380. The highest BCUT2D eigenvalue weighted by Gasteiger charge is 2.46. The first-order chi connectivity index (χ1) is 13.4. The molecule has 2 rings (SSSR count). The van der Waals surface area contributed by atoms with Crippen molar-refractivity contribution in [3.8, 4) is 0 Å². The molecule has 0 radical (unpaired) electrons. The molecule has 1 N–H and O–H groups in total. The minimum atomic E-state index is -5.62. The van der Waals surface area contributed by atoms with Crippen LogP contribution in [0.3, 0.4) is 0 Å². The fraction of sp³-hybridized carbons (Fsp3) is 0.235. The van der Waals surface area contributed by atoms with Gasteiger partial charge in [0.15, 0.2) is 0 Å². The summed E-state index contributed by atoms with van der Waals surface area (Å²) in [6, 6.07) is 8.42. The van der Waals surface area contributed by atoms with Crippen LogP contribution in [0.15, 0.2) is 41.6 Å². The van der Waals surface area contributed by atoms with E-state index in [9.17, 15) is 21.6 Å². The summed E-state index contributed by atoms with van der Waals surface area (Å²) in [7, 11) is -5.62. The highest BCUT2D eigenvalue weighted by atomic mass is 35.5. The van der Waals surface area contributed by atoms with E-state index in [1.807, 2.05) is 0 Å². The van der Waals surface area contributed by atoms with Crippen LogP contribution in [-0.2, 0) is 21.5 Å². The van der Waals surface area contributed by atoms with Crippen molar-refractivity contribution >= 4 is 56.2 Å². The van der Waals surface area contributed by atoms with Gasteiger partial charge in [0.25, 0.3) is 0 Å². The maximum Gasteiger partial charge on any atom is 0.516 e. The number of hydrogen-bond acceptors (Lipinski definition) is 4. The van der Waals surface area contributed by atoms with Crippen molar-refractivity contribution < 1.29 is 26.4 Å². The first-order valence-electron chi connectivity index (χ1n) is 7.96. The van der Waals surface area contributed by atoms with Gasteiger partial charge in [0, 0.05) is 26.2 Å². The number of benzene rings is 2. The van der Waals surface area contributed by atoms with E-state index in [-0.39, 0.29) is 35.0 Å². The van der Waals surface area contributed by atoms with E-state index in [0.29, 0.717) is 15.6 Å². The van der Waals surface area contributed by atoms with Gasteiger partial charge in [-0.25, -0.2) is 0 Å². The van der Waals surface area contributed by atoms with Crippen LogP contribution in [-0.4, -0.2) is 19.6 Å². The molecule has 0 bridgehead atoms. The highest BCUT2D eigenvalue weighted by Crippen LogP contribution is 2.29. The zero-order chi connectivity index (χ0) is 21.8. The maximum absolute atomic E-state index is 12.7. The Balaban J connectivity index is 2.32. The van der Waals surface area contributed by atoms with Crippen LogP contribution in [0, 0.1) is 0 Å². The lowest BCUT2D eigenvalue weighted by atomic mass is 10.1. The molecule has 0 atom stereocenters. The van der Waals surface area contributed by atoms with Gasteiger partial charge in [-0.2, -0.15) is 21.6 Å². The molecule has 29 heavy (non-hydrogen) atoms. The van der Waals surface area contributed by atoms with Crippen molar-refractivity contribution in [2.75, 3.05) is 4.72 Å². The highest BCUT2D eigenvalue weighted by molar-refractivity contribution is 7.93. The van der Waals surface area contributed by atoms with E-state index < -0.39 is 15.5 Å². The topological polar surface area (TPSA) is 67.8 Å². The van der Waals surface area contributed by atoms with Crippen molar-refractivity contribution in [2.24, 2.45) is 5.16 Å². The lowest BCUT2D eigenvalue weighted by molar-refractivity contribution is -0.0429. The Morgan fingerprint density at radius 3 is 2.31 bits per heavy atom. The normalized spacial score (nSPS) is 12.7. The monoisotopic (exact) mass is 488 g/mol. The van der Waals surface area contributed by atoms with E-state index in [1.165, 1.54) is 22.9 Å². The quantitative estimate of drug-likeness (QED) is 0.370. The third-order valence-electron chi connectivity index (χ3n) is 3.59. The molecule has 0 unspecified atom stereocenters. The lowest BCUT2D eigenvalue weighted by Crippen LogP contribution is -2.30. The molecule has 2 aromatic carbocycles. The predicted octanol–water partition coefficient (Wildman–Crippen LogP) is 6.24. The van der Waals surface area contributed by atoms with Gasteiger partial charge in [-0.05, 0) is 36.8 Å². The van der Waals surface area contributed by atoms with Crippen LogP contribution in [0.1, 0.15) is 24.5 Å². The molecule has 0 amide bonds. The van der Waals surface area contributed by atoms with Crippen molar-refractivity contribution in [1.82, 2.24) is 0 Å². The average molecular weight is 490 g/mol. The summed E-state index contributed by atoms with van der Waals surface area (Å²) in [4.78, 5) is 5.26. The largest absolute Gasteiger partial charge is 0.516 e. The number of anilines is 1. The molecule has 0 aliphatic carbocycles. The van der Waals surface area contributed by atoms with Crippen molar-refractivity contribution in [1.29, 1.82) is 0 Å². The Kier molecular flexibility index (Phi) is 7.67. The molecule has 5 nitrogen and oxygen atoms in total. The molecule has 158 valence electrons. The summed E-state index contributed by atoms with van der Waals surface area (Å²) in [6.45, 7) is 1.63. The molecule has 0 aliphatic heterocycles. The van der Waals surface area contributed by atoms with Gasteiger partial charge in [-0.1, -0.05) is 52.9 Å². The van der Waals surface area contributed by atoms with Crippen LogP contribution in [0.5, 0.6) is 0 Å². The maximum atomic E-state index is 12.7. The predicted molar refractivity (Wildman–Crippen MR) is 108 cm³/mol. The lowest BCUT2D eigenvalue weighted by Gasteiger charge is -2.15. The molecule has 0 aromatic heterocycles. The summed E-state index contributed by atoms with van der Waals surface area (Å²) in [5.74, 6) is 0. The van der Waals surface area contributed by atoms with Gasteiger partial charge < -0.3 is 4.84 Å². The zero-order valence-electron chi connectivity index (χ0n) is 14.7. The van der Waals surface area contributed by atoms with Crippen LogP contribution >= 0.6 is 34.8 Å². The standard InChI is InChI=1S/C17H14Cl3F3N2O3S/c1-2-15(24-28-9-10-3-4-12(19)8-14(10)20)13-7-11(18)5-6-16(13)25-29(26,27)17(21,22)23/h3-8,25H,2,9H2,1H3/b24-15+. The fourth-order valence-electron chi connectivity index (χ4n) is 2.17. The third kappa shape index (κ3) is 6.15. The Bertz CT molecular complexity index is 1030. The van der Waals surface area contributed by atoms with E-state index in [0.717, 1.165) is 6.07 Å². The summed E-state index contributed by atoms with van der Waals surface area (Å²) < 4.78 is 62.6. The van der Waals surface area contributed by atoms with Gasteiger partial charge in [0.2, 0.25) is 0 Å². The molecule has 0 saturated carbocycles. The summed E-state index contributed by atoms with van der Waals surface area (Å²) in [5.41, 5.74) is -5.00.